The fourth-order valence-corrected chi connectivity index (χ4v) is 1.55. The summed E-state index contributed by atoms with van der Waals surface area (Å²) in [5.41, 5.74) is 1.21. The maximum absolute atomic E-state index is 11.6. The quantitative estimate of drug-likeness (QED) is 0.564. The van der Waals surface area contributed by atoms with E-state index in [0.717, 1.165) is 12.0 Å². The number of benzene rings is 1. The molecule has 0 saturated carbocycles. The van der Waals surface area contributed by atoms with Crippen molar-refractivity contribution >= 4 is 17.7 Å². The summed E-state index contributed by atoms with van der Waals surface area (Å²) >= 11 is 0. The third-order valence-corrected chi connectivity index (χ3v) is 2.49. The van der Waals surface area contributed by atoms with Crippen molar-refractivity contribution in [3.8, 4) is 0 Å². The van der Waals surface area contributed by atoms with Crippen LogP contribution < -0.4 is 10.6 Å². The predicted octanol–water partition coefficient (Wildman–Crippen LogP) is 2.78. The molecule has 0 aliphatic heterocycles. The van der Waals surface area contributed by atoms with Crippen LogP contribution in [-0.2, 0) is 0 Å². The van der Waals surface area contributed by atoms with Gasteiger partial charge in [-0.25, -0.2) is 9.59 Å². The zero-order valence-electron chi connectivity index (χ0n) is 11.1. The molecule has 19 heavy (non-hydrogen) atoms. The van der Waals surface area contributed by atoms with Gasteiger partial charge in [0.05, 0.1) is 11.3 Å². The molecule has 0 fully saturated rings. The van der Waals surface area contributed by atoms with Crippen molar-refractivity contribution in [2.45, 2.75) is 20.3 Å². The zero-order valence-corrected chi connectivity index (χ0v) is 11.1. The monoisotopic (exact) mass is 262 g/mol. The van der Waals surface area contributed by atoms with Crippen molar-refractivity contribution in [3.63, 3.8) is 0 Å². The van der Waals surface area contributed by atoms with Crippen molar-refractivity contribution < 1.29 is 14.7 Å². The summed E-state index contributed by atoms with van der Waals surface area (Å²) < 4.78 is 0. The molecule has 0 aliphatic rings. The highest BCUT2D eigenvalue weighted by Gasteiger charge is 2.12. The average Bonchev–Trinajstić information content (AvgIpc) is 2.36. The maximum atomic E-state index is 11.6. The molecular weight excluding hydrogens is 244 g/mol. The second kappa shape index (κ2) is 7.20. The van der Waals surface area contributed by atoms with Gasteiger partial charge in [-0.05, 0) is 32.4 Å². The Morgan fingerprint density at radius 2 is 2.11 bits per heavy atom. The highest BCUT2D eigenvalue weighted by atomic mass is 16.4. The number of allylic oxidation sites excluding steroid dienone is 1. The van der Waals surface area contributed by atoms with Gasteiger partial charge in [0.25, 0.3) is 0 Å². The summed E-state index contributed by atoms with van der Waals surface area (Å²) in [6, 6.07) is 4.46. The second-order valence-electron chi connectivity index (χ2n) is 4.09. The van der Waals surface area contributed by atoms with Crippen molar-refractivity contribution in [3.05, 3.63) is 41.5 Å². The zero-order chi connectivity index (χ0) is 14.3. The molecular formula is C14H18N2O3. The fraction of sp³-hybridized carbons (Fsp3) is 0.286. The Morgan fingerprint density at radius 1 is 1.37 bits per heavy atom. The van der Waals surface area contributed by atoms with E-state index in [1.807, 2.05) is 19.1 Å². The molecule has 1 aromatic rings. The molecule has 3 N–H and O–H groups in total. The second-order valence-corrected chi connectivity index (χ2v) is 4.09. The van der Waals surface area contributed by atoms with Gasteiger partial charge in [0.2, 0.25) is 0 Å². The van der Waals surface area contributed by atoms with Gasteiger partial charge in [-0.2, -0.15) is 0 Å². The van der Waals surface area contributed by atoms with Crippen LogP contribution in [0.15, 0.2) is 30.4 Å². The predicted molar refractivity (Wildman–Crippen MR) is 74.6 cm³/mol. The Morgan fingerprint density at radius 3 is 2.74 bits per heavy atom. The van der Waals surface area contributed by atoms with E-state index in [1.54, 1.807) is 19.1 Å². The van der Waals surface area contributed by atoms with Crippen LogP contribution in [0.1, 0.15) is 29.3 Å². The highest BCUT2D eigenvalue weighted by molar-refractivity contribution is 6.00. The Labute approximate surface area is 112 Å². The number of urea groups is 1. The molecule has 2 amide bonds. The molecule has 102 valence electrons. The van der Waals surface area contributed by atoms with E-state index in [1.165, 1.54) is 6.07 Å². The minimum Gasteiger partial charge on any atom is -0.478 e. The van der Waals surface area contributed by atoms with Crippen molar-refractivity contribution in [2.24, 2.45) is 0 Å². The highest BCUT2D eigenvalue weighted by Crippen LogP contribution is 2.17. The van der Waals surface area contributed by atoms with Crippen LogP contribution in [0.25, 0.3) is 0 Å². The van der Waals surface area contributed by atoms with Gasteiger partial charge < -0.3 is 15.7 Å². The number of hydrogen-bond acceptors (Lipinski definition) is 2. The largest absolute Gasteiger partial charge is 0.478 e. The third-order valence-electron chi connectivity index (χ3n) is 2.49. The number of aromatic carboxylic acids is 1. The van der Waals surface area contributed by atoms with Gasteiger partial charge in [0.15, 0.2) is 0 Å². The number of carboxylic acids is 1. The molecule has 0 aromatic heterocycles. The minimum atomic E-state index is -1.06. The number of carboxylic acid groups (broad SMARTS) is 1. The molecule has 0 bridgehead atoms. The van der Waals surface area contributed by atoms with Crippen LogP contribution in [-0.4, -0.2) is 23.7 Å². The Kier molecular flexibility index (Phi) is 5.60. The van der Waals surface area contributed by atoms with Gasteiger partial charge in [0.1, 0.15) is 0 Å². The minimum absolute atomic E-state index is 0.0867. The lowest BCUT2D eigenvalue weighted by atomic mass is 10.1. The summed E-state index contributed by atoms with van der Waals surface area (Å²) in [5.74, 6) is -1.06. The van der Waals surface area contributed by atoms with E-state index in [9.17, 15) is 9.59 Å². The number of nitrogens with one attached hydrogen (secondary N) is 2. The molecule has 0 aliphatic carbocycles. The Hall–Kier alpha value is -2.30. The van der Waals surface area contributed by atoms with E-state index >= 15 is 0 Å². The van der Waals surface area contributed by atoms with Crippen LogP contribution >= 0.6 is 0 Å². The third kappa shape index (κ3) is 4.83. The standard InChI is InChI=1S/C14H18N2O3/c1-3-4-5-8-15-14(19)16-12-7-6-10(2)9-11(12)13(17)18/h3-4,6-7,9H,5,8H2,1-2H3,(H,17,18)(H2,15,16,19)/b4-3+. The Bertz CT molecular complexity index is 495. The summed E-state index contributed by atoms with van der Waals surface area (Å²) in [6.45, 7) is 4.21. The van der Waals surface area contributed by atoms with Crippen LogP contribution in [0.4, 0.5) is 10.5 Å². The van der Waals surface area contributed by atoms with E-state index in [4.69, 9.17) is 5.11 Å². The lowest BCUT2D eigenvalue weighted by molar-refractivity contribution is 0.0698. The first kappa shape index (κ1) is 14.8. The van der Waals surface area contributed by atoms with Crippen LogP contribution in [0.2, 0.25) is 0 Å². The molecule has 5 heteroatoms. The lowest BCUT2D eigenvalue weighted by Gasteiger charge is -2.10. The number of rotatable bonds is 5. The van der Waals surface area contributed by atoms with E-state index in [-0.39, 0.29) is 5.56 Å². The number of anilines is 1. The SMILES string of the molecule is C/C=C/CCNC(=O)Nc1ccc(C)cc1C(=O)O. The number of carbonyl (C=O) groups is 2. The molecule has 0 unspecified atom stereocenters. The molecule has 0 radical (unpaired) electrons. The molecule has 0 heterocycles. The van der Waals surface area contributed by atoms with Crippen molar-refractivity contribution in [1.82, 2.24) is 5.32 Å². The summed E-state index contributed by atoms with van der Waals surface area (Å²) in [6.07, 6.45) is 4.58. The van der Waals surface area contributed by atoms with Crippen LogP contribution in [0.5, 0.6) is 0 Å². The molecule has 1 rings (SSSR count). The first-order valence-electron chi connectivity index (χ1n) is 6.04. The van der Waals surface area contributed by atoms with Gasteiger partial charge >= 0.3 is 12.0 Å². The summed E-state index contributed by atoms with van der Waals surface area (Å²) in [5, 5.41) is 14.3. The van der Waals surface area contributed by atoms with E-state index in [2.05, 4.69) is 10.6 Å². The summed E-state index contributed by atoms with van der Waals surface area (Å²) in [4.78, 5) is 22.7. The first-order chi connectivity index (χ1) is 9.04. The van der Waals surface area contributed by atoms with Gasteiger partial charge in [-0.3, -0.25) is 0 Å². The van der Waals surface area contributed by atoms with E-state index < -0.39 is 12.0 Å². The Balaban J connectivity index is 2.66. The van der Waals surface area contributed by atoms with Crippen LogP contribution in [0, 0.1) is 6.92 Å². The molecule has 0 saturated heterocycles. The van der Waals surface area contributed by atoms with Gasteiger partial charge in [0, 0.05) is 6.54 Å². The van der Waals surface area contributed by atoms with Gasteiger partial charge in [-0.15, -0.1) is 0 Å². The first-order valence-corrected chi connectivity index (χ1v) is 6.04. The van der Waals surface area contributed by atoms with Gasteiger partial charge in [-0.1, -0.05) is 23.8 Å². The smallest absolute Gasteiger partial charge is 0.337 e. The lowest BCUT2D eigenvalue weighted by Crippen LogP contribution is -2.30. The maximum Gasteiger partial charge on any atom is 0.337 e. The van der Waals surface area contributed by atoms with Crippen molar-refractivity contribution in [1.29, 1.82) is 0 Å². The van der Waals surface area contributed by atoms with Crippen LogP contribution in [0.3, 0.4) is 0 Å². The number of aryl methyl sites for hydroxylation is 1. The topological polar surface area (TPSA) is 78.4 Å². The number of amides is 2. The molecule has 0 spiro atoms. The number of carbonyl (C=O) groups excluding carboxylic acids is 1. The number of hydrogen-bond donors (Lipinski definition) is 3. The average molecular weight is 262 g/mol. The molecule has 1 aromatic carbocycles. The normalized spacial score (nSPS) is 10.4. The van der Waals surface area contributed by atoms with Crippen molar-refractivity contribution in [2.75, 3.05) is 11.9 Å². The fourth-order valence-electron chi connectivity index (χ4n) is 1.55. The summed E-state index contributed by atoms with van der Waals surface area (Å²) in [7, 11) is 0. The molecule has 5 nitrogen and oxygen atoms in total. The molecule has 0 atom stereocenters. The van der Waals surface area contributed by atoms with E-state index in [0.29, 0.717) is 12.2 Å².